The summed E-state index contributed by atoms with van der Waals surface area (Å²) in [5.74, 6) is -0.479. The summed E-state index contributed by atoms with van der Waals surface area (Å²) in [6, 6.07) is 10.1. The first kappa shape index (κ1) is 14.8. The van der Waals surface area contributed by atoms with Crippen molar-refractivity contribution in [3.05, 3.63) is 41.5 Å². The Morgan fingerprint density at radius 3 is 2.55 bits per heavy atom. The molecule has 20 heavy (non-hydrogen) atoms. The van der Waals surface area contributed by atoms with Gasteiger partial charge in [-0.1, -0.05) is 30.3 Å². The van der Waals surface area contributed by atoms with Crippen LogP contribution in [0.3, 0.4) is 0 Å². The molecule has 0 aromatic heterocycles. The molecule has 0 saturated carbocycles. The van der Waals surface area contributed by atoms with E-state index in [-0.39, 0.29) is 0 Å². The zero-order valence-corrected chi connectivity index (χ0v) is 12.1. The standard InChI is InChI=1S/C16H22N2O2/c1-13(12-17)15(14-6-4-3-5-7-14)18-9-8-16(2)19-10-11-20-16/h3-7,12,17-18H,8-11H2,1-2H3/b15-13-,17-12?. The predicted octanol–water partition coefficient (Wildman–Crippen LogP) is 2.81. The molecule has 0 unspecified atom stereocenters. The highest BCUT2D eigenvalue weighted by Gasteiger charge is 2.30. The Bertz CT molecular complexity index is 477. The fourth-order valence-corrected chi connectivity index (χ4v) is 2.26. The van der Waals surface area contributed by atoms with Crippen LogP contribution in [0.2, 0.25) is 0 Å². The van der Waals surface area contributed by atoms with E-state index < -0.39 is 5.79 Å². The molecule has 4 heteroatoms. The maximum Gasteiger partial charge on any atom is 0.167 e. The van der Waals surface area contributed by atoms with Gasteiger partial charge in [0.2, 0.25) is 0 Å². The van der Waals surface area contributed by atoms with Gasteiger partial charge in [0, 0.05) is 24.9 Å². The largest absolute Gasteiger partial charge is 0.384 e. The van der Waals surface area contributed by atoms with E-state index >= 15 is 0 Å². The Morgan fingerprint density at radius 1 is 1.30 bits per heavy atom. The average molecular weight is 274 g/mol. The molecule has 0 radical (unpaired) electrons. The van der Waals surface area contributed by atoms with Crippen LogP contribution in [0.4, 0.5) is 0 Å². The fourth-order valence-electron chi connectivity index (χ4n) is 2.26. The van der Waals surface area contributed by atoms with Crippen LogP contribution in [-0.2, 0) is 9.47 Å². The lowest BCUT2D eigenvalue weighted by atomic mass is 10.1. The molecule has 1 aromatic rings. The topological polar surface area (TPSA) is 54.3 Å². The fraction of sp³-hybridized carbons (Fsp3) is 0.438. The number of allylic oxidation sites excluding steroid dienone is 1. The van der Waals surface area contributed by atoms with Crippen LogP contribution in [-0.4, -0.2) is 31.8 Å². The van der Waals surface area contributed by atoms with Crippen LogP contribution >= 0.6 is 0 Å². The molecule has 1 heterocycles. The Labute approximate surface area is 120 Å². The number of rotatable bonds is 6. The SMILES string of the molecule is C/C(C=N)=C(/NCCC1(C)OCCO1)c1ccccc1. The molecule has 0 atom stereocenters. The highest BCUT2D eigenvalue weighted by Crippen LogP contribution is 2.22. The van der Waals surface area contributed by atoms with E-state index in [1.807, 2.05) is 44.2 Å². The molecule has 1 aliphatic rings. The first-order valence-corrected chi connectivity index (χ1v) is 6.93. The minimum absolute atomic E-state index is 0.479. The zero-order valence-electron chi connectivity index (χ0n) is 12.1. The van der Waals surface area contributed by atoms with E-state index in [4.69, 9.17) is 14.9 Å². The molecule has 2 N–H and O–H groups in total. The van der Waals surface area contributed by atoms with Crippen molar-refractivity contribution in [2.45, 2.75) is 26.1 Å². The average Bonchev–Trinajstić information content (AvgIpc) is 2.91. The molecular weight excluding hydrogens is 252 g/mol. The number of nitrogens with one attached hydrogen (secondary N) is 2. The summed E-state index contributed by atoms with van der Waals surface area (Å²) in [4.78, 5) is 0. The number of hydrogen-bond acceptors (Lipinski definition) is 4. The summed E-state index contributed by atoms with van der Waals surface area (Å²) < 4.78 is 11.2. The summed E-state index contributed by atoms with van der Waals surface area (Å²) in [7, 11) is 0. The first-order valence-electron chi connectivity index (χ1n) is 6.93. The van der Waals surface area contributed by atoms with Crippen LogP contribution < -0.4 is 5.32 Å². The van der Waals surface area contributed by atoms with E-state index in [9.17, 15) is 0 Å². The number of benzene rings is 1. The van der Waals surface area contributed by atoms with Gasteiger partial charge in [0.05, 0.1) is 13.2 Å². The Hall–Kier alpha value is -1.65. The maximum atomic E-state index is 7.46. The van der Waals surface area contributed by atoms with Crippen LogP contribution in [0, 0.1) is 5.41 Å². The summed E-state index contributed by atoms with van der Waals surface area (Å²) >= 11 is 0. The molecule has 108 valence electrons. The second kappa shape index (κ2) is 6.68. The Morgan fingerprint density at radius 2 is 1.95 bits per heavy atom. The van der Waals surface area contributed by atoms with E-state index in [1.165, 1.54) is 6.21 Å². The van der Waals surface area contributed by atoms with Crippen LogP contribution in [0.15, 0.2) is 35.9 Å². The molecule has 0 spiro atoms. The monoisotopic (exact) mass is 274 g/mol. The lowest BCUT2D eigenvalue weighted by Crippen LogP contribution is -2.30. The molecule has 1 saturated heterocycles. The Balaban J connectivity index is 2.01. The highest BCUT2D eigenvalue weighted by atomic mass is 16.7. The van der Waals surface area contributed by atoms with E-state index in [0.29, 0.717) is 13.2 Å². The van der Waals surface area contributed by atoms with Crippen molar-refractivity contribution in [1.29, 1.82) is 5.41 Å². The van der Waals surface area contributed by atoms with E-state index in [2.05, 4.69) is 5.32 Å². The highest BCUT2D eigenvalue weighted by molar-refractivity contribution is 5.88. The van der Waals surface area contributed by atoms with Crippen molar-refractivity contribution in [2.75, 3.05) is 19.8 Å². The normalized spacial score (nSPS) is 18.5. The van der Waals surface area contributed by atoms with Gasteiger partial charge in [-0.3, -0.25) is 0 Å². The van der Waals surface area contributed by atoms with Crippen LogP contribution in [0.5, 0.6) is 0 Å². The summed E-state index contributed by atoms with van der Waals surface area (Å²) in [6.45, 7) is 5.98. The smallest absolute Gasteiger partial charge is 0.167 e. The molecule has 1 fully saturated rings. The van der Waals surface area contributed by atoms with Gasteiger partial charge in [-0.15, -0.1) is 0 Å². The van der Waals surface area contributed by atoms with Gasteiger partial charge in [0.1, 0.15) is 0 Å². The van der Waals surface area contributed by atoms with E-state index in [0.717, 1.165) is 29.8 Å². The van der Waals surface area contributed by atoms with Gasteiger partial charge >= 0.3 is 0 Å². The minimum Gasteiger partial charge on any atom is -0.384 e. The molecule has 0 aliphatic carbocycles. The Kier molecular flexibility index (Phi) is 4.93. The minimum atomic E-state index is -0.479. The molecule has 1 aromatic carbocycles. The summed E-state index contributed by atoms with van der Waals surface area (Å²) in [6.07, 6.45) is 2.15. The zero-order chi connectivity index (χ0) is 14.4. The number of hydrogen-bond donors (Lipinski definition) is 2. The quantitative estimate of drug-likeness (QED) is 0.784. The van der Waals surface area contributed by atoms with Crippen molar-refractivity contribution >= 4 is 11.9 Å². The van der Waals surface area contributed by atoms with Gasteiger partial charge in [-0.2, -0.15) is 0 Å². The van der Waals surface area contributed by atoms with Crippen molar-refractivity contribution in [2.24, 2.45) is 0 Å². The van der Waals surface area contributed by atoms with Crippen molar-refractivity contribution < 1.29 is 9.47 Å². The van der Waals surface area contributed by atoms with Gasteiger partial charge in [-0.05, 0) is 25.0 Å². The third-order valence-electron chi connectivity index (χ3n) is 3.45. The van der Waals surface area contributed by atoms with Gasteiger partial charge in [0.15, 0.2) is 5.79 Å². The molecule has 0 bridgehead atoms. The maximum absolute atomic E-state index is 7.46. The summed E-state index contributed by atoms with van der Waals surface area (Å²) in [5.41, 5.74) is 2.99. The van der Waals surface area contributed by atoms with Crippen molar-refractivity contribution in [3.63, 3.8) is 0 Å². The predicted molar refractivity (Wildman–Crippen MR) is 80.7 cm³/mol. The van der Waals surface area contributed by atoms with Crippen LogP contribution in [0.1, 0.15) is 25.8 Å². The van der Waals surface area contributed by atoms with Gasteiger partial charge in [-0.25, -0.2) is 0 Å². The number of ether oxygens (including phenoxy) is 2. The molecule has 0 amide bonds. The third-order valence-corrected chi connectivity index (χ3v) is 3.45. The van der Waals surface area contributed by atoms with Crippen molar-refractivity contribution in [3.8, 4) is 0 Å². The molecule has 2 rings (SSSR count). The third kappa shape index (κ3) is 3.68. The first-order chi connectivity index (χ1) is 9.64. The van der Waals surface area contributed by atoms with Crippen molar-refractivity contribution in [1.82, 2.24) is 5.32 Å². The van der Waals surface area contributed by atoms with Gasteiger partial charge < -0.3 is 20.2 Å². The lowest BCUT2D eigenvalue weighted by Gasteiger charge is -2.23. The molecule has 4 nitrogen and oxygen atoms in total. The van der Waals surface area contributed by atoms with E-state index in [1.54, 1.807) is 0 Å². The summed E-state index contributed by atoms with van der Waals surface area (Å²) in [5, 5.41) is 10.9. The second-order valence-corrected chi connectivity index (χ2v) is 5.08. The molecule has 1 aliphatic heterocycles. The lowest BCUT2D eigenvalue weighted by molar-refractivity contribution is -0.145. The van der Waals surface area contributed by atoms with Crippen LogP contribution in [0.25, 0.3) is 5.70 Å². The van der Waals surface area contributed by atoms with Gasteiger partial charge in [0.25, 0.3) is 0 Å². The molecular formula is C16H22N2O2. The second-order valence-electron chi connectivity index (χ2n) is 5.08.